The first-order valence-corrected chi connectivity index (χ1v) is 11.6. The highest BCUT2D eigenvalue weighted by molar-refractivity contribution is 6.35. The van der Waals surface area contributed by atoms with E-state index in [0.29, 0.717) is 22.7 Å². The summed E-state index contributed by atoms with van der Waals surface area (Å²) in [6.45, 7) is 3.29. The second kappa shape index (κ2) is 8.60. The maximum atomic E-state index is 14.0. The molecular formula is C25H26ClFN4O3. The summed E-state index contributed by atoms with van der Waals surface area (Å²) in [4.78, 5) is 26.1. The van der Waals surface area contributed by atoms with Gasteiger partial charge in [-0.05, 0) is 49.2 Å². The van der Waals surface area contributed by atoms with Crippen LogP contribution in [0.15, 0.2) is 47.4 Å². The number of nitrogens with one attached hydrogen (secondary N) is 1. The molecule has 1 saturated carbocycles. The van der Waals surface area contributed by atoms with Crippen molar-refractivity contribution in [1.82, 2.24) is 9.47 Å². The molecule has 2 aromatic carbocycles. The molecule has 178 valence electrons. The van der Waals surface area contributed by atoms with Crippen molar-refractivity contribution in [3.8, 4) is 5.75 Å². The molecule has 0 radical (unpaired) electrons. The normalized spacial score (nSPS) is 17.4. The van der Waals surface area contributed by atoms with E-state index in [2.05, 4.69) is 10.2 Å². The molecule has 2 aliphatic rings. The quantitative estimate of drug-likeness (QED) is 0.536. The Hall–Kier alpha value is -3.10. The van der Waals surface area contributed by atoms with Crippen molar-refractivity contribution < 1.29 is 13.9 Å². The molecule has 1 amide bonds. The molecule has 1 saturated heterocycles. The fourth-order valence-corrected chi connectivity index (χ4v) is 5.39. The lowest BCUT2D eigenvalue weighted by Gasteiger charge is -2.58. The first-order chi connectivity index (χ1) is 16.2. The van der Waals surface area contributed by atoms with Gasteiger partial charge in [0.25, 0.3) is 5.56 Å². The number of halogens is 2. The Labute approximate surface area is 201 Å². The zero-order valence-electron chi connectivity index (χ0n) is 18.8. The van der Waals surface area contributed by atoms with Gasteiger partial charge < -0.3 is 25.3 Å². The van der Waals surface area contributed by atoms with E-state index in [9.17, 15) is 14.0 Å². The Balaban J connectivity index is 1.12. The van der Waals surface area contributed by atoms with Crippen LogP contribution in [0.25, 0.3) is 10.8 Å². The first-order valence-electron chi connectivity index (χ1n) is 11.2. The number of fused-ring (bicyclic) bond motifs is 1. The van der Waals surface area contributed by atoms with E-state index in [0.717, 1.165) is 37.9 Å². The average molecular weight is 485 g/mol. The predicted octanol–water partition coefficient (Wildman–Crippen LogP) is 3.39. The molecule has 34 heavy (non-hydrogen) atoms. The van der Waals surface area contributed by atoms with Crippen molar-refractivity contribution in [2.45, 2.75) is 18.9 Å². The standard InChI is InChI=1S/C25H26ClFN4O3/c1-30-8-6-17-21(5-3-18(26)22(17)24(30)33)34-16-11-25(12-16)13-31(14-25)9-7-29-20-10-15(23(28)32)2-4-19(20)27/h2-6,8,10,16,29H,7,9,11-14H2,1H3,(H2,28,32). The molecular weight excluding hydrogens is 459 g/mol. The minimum atomic E-state index is -0.580. The topological polar surface area (TPSA) is 89.6 Å². The third-order valence-electron chi connectivity index (χ3n) is 6.88. The molecule has 7 nitrogen and oxygen atoms in total. The molecule has 1 spiro atoms. The van der Waals surface area contributed by atoms with E-state index in [1.165, 1.54) is 22.8 Å². The van der Waals surface area contributed by atoms with Gasteiger partial charge in [0.15, 0.2) is 0 Å². The monoisotopic (exact) mass is 484 g/mol. The summed E-state index contributed by atoms with van der Waals surface area (Å²) in [5.41, 5.74) is 5.96. The van der Waals surface area contributed by atoms with Gasteiger partial charge in [-0.2, -0.15) is 0 Å². The fraction of sp³-hybridized carbons (Fsp3) is 0.360. The summed E-state index contributed by atoms with van der Waals surface area (Å²) < 4.78 is 21.7. The predicted molar refractivity (Wildman–Crippen MR) is 130 cm³/mol. The summed E-state index contributed by atoms with van der Waals surface area (Å²) >= 11 is 6.27. The average Bonchev–Trinajstić information content (AvgIpc) is 2.75. The SMILES string of the molecule is Cn1ccc2c(OC3CC4(C3)CN(CCNc3cc(C(N)=O)ccc3F)C4)ccc(Cl)c2c1=O. The van der Waals surface area contributed by atoms with E-state index < -0.39 is 11.7 Å². The number of nitrogens with two attached hydrogens (primary N) is 1. The largest absolute Gasteiger partial charge is 0.490 e. The minimum absolute atomic E-state index is 0.111. The van der Waals surface area contributed by atoms with Gasteiger partial charge in [-0.3, -0.25) is 9.59 Å². The Bertz CT molecular complexity index is 1330. The number of amides is 1. The Kier molecular flexibility index (Phi) is 5.73. The van der Waals surface area contributed by atoms with Crippen LogP contribution in [0.4, 0.5) is 10.1 Å². The van der Waals surface area contributed by atoms with Gasteiger partial charge in [0, 0.05) is 55.8 Å². The Morgan fingerprint density at radius 2 is 2.03 bits per heavy atom. The molecule has 1 aliphatic heterocycles. The highest BCUT2D eigenvalue weighted by Crippen LogP contribution is 2.50. The first kappa shape index (κ1) is 22.7. The van der Waals surface area contributed by atoms with Crippen LogP contribution >= 0.6 is 11.6 Å². The van der Waals surface area contributed by atoms with Crippen LogP contribution < -0.4 is 21.3 Å². The lowest BCUT2D eigenvalue weighted by molar-refractivity contribution is -0.117. The molecule has 5 rings (SSSR count). The number of anilines is 1. The van der Waals surface area contributed by atoms with Crippen LogP contribution in [-0.2, 0) is 7.05 Å². The molecule has 9 heteroatoms. The number of ether oxygens (including phenoxy) is 1. The van der Waals surface area contributed by atoms with Gasteiger partial charge in [-0.15, -0.1) is 0 Å². The lowest BCUT2D eigenvalue weighted by Crippen LogP contribution is -2.65. The van der Waals surface area contributed by atoms with Crippen LogP contribution in [0, 0.1) is 11.2 Å². The number of benzene rings is 2. The number of pyridine rings is 1. The summed E-state index contributed by atoms with van der Waals surface area (Å²) in [6.07, 6.45) is 3.76. The maximum absolute atomic E-state index is 14.0. The number of carbonyl (C=O) groups is 1. The molecule has 3 aromatic rings. The number of aromatic nitrogens is 1. The van der Waals surface area contributed by atoms with Crippen molar-refractivity contribution in [2.75, 3.05) is 31.5 Å². The molecule has 2 heterocycles. The van der Waals surface area contributed by atoms with Gasteiger partial charge in [0.2, 0.25) is 5.91 Å². The fourth-order valence-electron chi connectivity index (χ4n) is 5.14. The number of likely N-dealkylation sites (tertiary alicyclic amines) is 1. The third-order valence-corrected chi connectivity index (χ3v) is 7.20. The molecule has 0 bridgehead atoms. The number of hydrogen-bond donors (Lipinski definition) is 2. The number of carbonyl (C=O) groups excluding carboxylic acids is 1. The van der Waals surface area contributed by atoms with Crippen molar-refractivity contribution >= 4 is 34.0 Å². The van der Waals surface area contributed by atoms with Gasteiger partial charge in [0.1, 0.15) is 11.6 Å². The van der Waals surface area contributed by atoms with Crippen LogP contribution in [0.3, 0.4) is 0 Å². The van der Waals surface area contributed by atoms with E-state index >= 15 is 0 Å². The molecule has 1 aliphatic carbocycles. The van der Waals surface area contributed by atoms with Gasteiger partial charge in [0.05, 0.1) is 22.2 Å². The molecule has 2 fully saturated rings. The molecule has 3 N–H and O–H groups in total. The van der Waals surface area contributed by atoms with Crippen molar-refractivity contribution in [3.63, 3.8) is 0 Å². The highest BCUT2D eigenvalue weighted by atomic mass is 35.5. The van der Waals surface area contributed by atoms with Crippen molar-refractivity contribution in [2.24, 2.45) is 18.2 Å². The number of aryl methyl sites for hydroxylation is 1. The van der Waals surface area contributed by atoms with E-state index in [1.807, 2.05) is 12.1 Å². The van der Waals surface area contributed by atoms with E-state index in [4.69, 9.17) is 22.1 Å². The Morgan fingerprint density at radius 3 is 2.76 bits per heavy atom. The van der Waals surface area contributed by atoms with E-state index in [1.54, 1.807) is 19.3 Å². The van der Waals surface area contributed by atoms with Crippen LogP contribution in [0.5, 0.6) is 5.75 Å². The smallest absolute Gasteiger partial charge is 0.259 e. The van der Waals surface area contributed by atoms with Crippen LogP contribution in [-0.4, -0.2) is 47.7 Å². The summed E-state index contributed by atoms with van der Waals surface area (Å²) in [5.74, 6) is -0.294. The number of primary amides is 1. The minimum Gasteiger partial charge on any atom is -0.490 e. The second-order valence-electron chi connectivity index (χ2n) is 9.41. The second-order valence-corrected chi connectivity index (χ2v) is 9.82. The van der Waals surface area contributed by atoms with Crippen molar-refractivity contribution in [1.29, 1.82) is 0 Å². The maximum Gasteiger partial charge on any atom is 0.259 e. The Morgan fingerprint density at radius 1 is 1.26 bits per heavy atom. The third kappa shape index (κ3) is 4.12. The molecule has 0 unspecified atom stereocenters. The summed E-state index contributed by atoms with van der Waals surface area (Å²) in [5, 5.41) is 4.71. The molecule has 1 aromatic heterocycles. The van der Waals surface area contributed by atoms with Gasteiger partial charge >= 0.3 is 0 Å². The van der Waals surface area contributed by atoms with E-state index in [-0.39, 0.29) is 28.3 Å². The van der Waals surface area contributed by atoms with Crippen LogP contribution in [0.2, 0.25) is 5.02 Å². The molecule has 0 atom stereocenters. The highest BCUT2D eigenvalue weighted by Gasteiger charge is 2.53. The number of hydrogen-bond acceptors (Lipinski definition) is 5. The summed E-state index contributed by atoms with van der Waals surface area (Å²) in [7, 11) is 1.70. The number of nitrogens with zero attached hydrogens (tertiary/aromatic N) is 2. The lowest BCUT2D eigenvalue weighted by atomic mass is 9.62. The zero-order chi connectivity index (χ0) is 24.0. The van der Waals surface area contributed by atoms with Crippen molar-refractivity contribution in [3.05, 3.63) is 69.4 Å². The number of rotatable bonds is 7. The zero-order valence-corrected chi connectivity index (χ0v) is 19.6. The summed E-state index contributed by atoms with van der Waals surface area (Å²) in [6, 6.07) is 9.49. The van der Waals surface area contributed by atoms with Gasteiger partial charge in [-0.1, -0.05) is 11.6 Å². The van der Waals surface area contributed by atoms with Gasteiger partial charge in [-0.25, -0.2) is 4.39 Å². The van der Waals surface area contributed by atoms with Crippen LogP contribution in [0.1, 0.15) is 23.2 Å².